The van der Waals surface area contributed by atoms with E-state index in [1.54, 1.807) is 0 Å². The number of aromatic nitrogens is 1. The molecule has 0 radical (unpaired) electrons. The van der Waals surface area contributed by atoms with E-state index in [0.717, 1.165) is 28.6 Å². The summed E-state index contributed by atoms with van der Waals surface area (Å²) in [6.45, 7) is 0. The van der Waals surface area contributed by atoms with Crippen LogP contribution in [0.5, 0.6) is 0 Å². The Bertz CT molecular complexity index is 913. The van der Waals surface area contributed by atoms with E-state index in [4.69, 9.17) is 0 Å². The Labute approximate surface area is 132 Å². The highest BCUT2D eigenvalue weighted by atomic mass is 19.4. The smallest absolute Gasteiger partial charge is 0.200 e. The van der Waals surface area contributed by atoms with Gasteiger partial charge in [-0.2, -0.15) is 17.7 Å². The van der Waals surface area contributed by atoms with Gasteiger partial charge >= 0.3 is 6.18 Å². The number of aryl methyl sites for hydroxylation is 1. The molecule has 0 saturated heterocycles. The van der Waals surface area contributed by atoms with Crippen LogP contribution in [-0.4, -0.2) is 0 Å². The van der Waals surface area contributed by atoms with Gasteiger partial charge in [-0.05, 0) is 36.4 Å². The summed E-state index contributed by atoms with van der Waals surface area (Å²) in [5, 5.41) is 1.06. The van der Waals surface area contributed by atoms with Crippen molar-refractivity contribution in [3.05, 3.63) is 77.5 Å². The lowest BCUT2D eigenvalue weighted by atomic mass is 10.1. The van der Waals surface area contributed by atoms with Crippen molar-refractivity contribution >= 4 is 10.9 Å². The molecule has 0 N–H and O–H groups in total. The molecule has 0 atom stereocenters. The lowest BCUT2D eigenvalue weighted by Crippen LogP contribution is -2.28. The topological polar surface area (TPSA) is 3.88 Å². The van der Waals surface area contributed by atoms with Gasteiger partial charge in [0.2, 0.25) is 5.52 Å². The Morgan fingerprint density at radius 2 is 1.52 bits per heavy atom. The average Bonchev–Trinajstić information content (AvgIpc) is 2.52. The molecule has 0 amide bonds. The first kappa shape index (κ1) is 15.1. The molecule has 0 spiro atoms. The minimum absolute atomic E-state index is 0.550. The molecule has 0 aliphatic heterocycles. The first-order valence-corrected chi connectivity index (χ1v) is 7.01. The van der Waals surface area contributed by atoms with Crippen LogP contribution in [0.2, 0.25) is 0 Å². The van der Waals surface area contributed by atoms with Gasteiger partial charge in [0, 0.05) is 17.0 Å². The number of nitrogens with zero attached hydrogens (tertiary/aromatic N) is 1. The molecule has 3 rings (SSSR count). The summed E-state index contributed by atoms with van der Waals surface area (Å²) in [5.74, 6) is 5.90. The number of hydrogen-bond donors (Lipinski definition) is 0. The molecule has 0 aliphatic carbocycles. The van der Waals surface area contributed by atoms with Crippen LogP contribution < -0.4 is 4.57 Å². The van der Waals surface area contributed by atoms with E-state index in [0.29, 0.717) is 5.56 Å². The predicted octanol–water partition coefficient (Wildman–Crippen LogP) is 4.08. The molecule has 3 aromatic rings. The van der Waals surface area contributed by atoms with E-state index in [-0.39, 0.29) is 0 Å². The van der Waals surface area contributed by atoms with Gasteiger partial charge in [0.25, 0.3) is 0 Å². The fourth-order valence-electron chi connectivity index (χ4n) is 2.37. The molecule has 114 valence electrons. The summed E-state index contributed by atoms with van der Waals surface area (Å²) in [6.07, 6.45) is -2.42. The standard InChI is InChI=1S/C19H13F3N/c1-23-13-15(12-16-4-2-3-5-18(16)23)7-6-14-8-10-17(11-9-14)19(20,21)22/h2-5,8-13H,1H3/q+1. The lowest BCUT2D eigenvalue weighted by Gasteiger charge is -2.05. The van der Waals surface area contributed by atoms with Crippen molar-refractivity contribution in [2.24, 2.45) is 7.05 Å². The van der Waals surface area contributed by atoms with Crippen LogP contribution >= 0.6 is 0 Å². The highest BCUT2D eigenvalue weighted by molar-refractivity contribution is 5.76. The summed E-state index contributed by atoms with van der Waals surface area (Å²) < 4.78 is 39.6. The Morgan fingerprint density at radius 3 is 2.22 bits per heavy atom. The van der Waals surface area contributed by atoms with Crippen LogP contribution in [0.3, 0.4) is 0 Å². The van der Waals surface area contributed by atoms with Crippen molar-refractivity contribution in [3.8, 4) is 11.8 Å². The molecule has 0 fully saturated rings. The third kappa shape index (κ3) is 3.35. The SMILES string of the molecule is C[n+]1cc(C#Cc2ccc(C(F)(F)F)cc2)cc2ccccc21. The molecule has 1 heterocycles. The van der Waals surface area contributed by atoms with Gasteiger partial charge < -0.3 is 0 Å². The number of alkyl halides is 3. The van der Waals surface area contributed by atoms with E-state index >= 15 is 0 Å². The summed E-state index contributed by atoms with van der Waals surface area (Å²) in [4.78, 5) is 0. The Kier molecular flexibility index (Phi) is 3.79. The second-order valence-corrected chi connectivity index (χ2v) is 5.22. The molecule has 0 aliphatic rings. The Balaban J connectivity index is 1.92. The largest absolute Gasteiger partial charge is 0.416 e. The van der Waals surface area contributed by atoms with E-state index in [1.807, 2.05) is 48.1 Å². The van der Waals surface area contributed by atoms with Gasteiger partial charge in [0.15, 0.2) is 6.20 Å². The maximum absolute atomic E-state index is 12.5. The van der Waals surface area contributed by atoms with Crippen molar-refractivity contribution in [2.75, 3.05) is 0 Å². The summed E-state index contributed by atoms with van der Waals surface area (Å²) in [7, 11) is 1.94. The van der Waals surface area contributed by atoms with Gasteiger partial charge in [0.05, 0.1) is 11.1 Å². The van der Waals surface area contributed by atoms with Crippen LogP contribution in [0.15, 0.2) is 60.8 Å². The molecule has 0 bridgehead atoms. The third-order valence-electron chi connectivity index (χ3n) is 3.52. The average molecular weight is 312 g/mol. The van der Waals surface area contributed by atoms with Crippen LogP contribution in [0.4, 0.5) is 13.2 Å². The minimum Gasteiger partial charge on any atom is -0.200 e. The van der Waals surface area contributed by atoms with Gasteiger partial charge in [0.1, 0.15) is 7.05 Å². The van der Waals surface area contributed by atoms with Crippen LogP contribution in [0.1, 0.15) is 16.7 Å². The zero-order valence-corrected chi connectivity index (χ0v) is 12.4. The minimum atomic E-state index is -4.32. The molecule has 1 aromatic heterocycles. The van der Waals surface area contributed by atoms with Crippen molar-refractivity contribution in [2.45, 2.75) is 6.18 Å². The summed E-state index contributed by atoms with van der Waals surface area (Å²) >= 11 is 0. The normalized spacial score (nSPS) is 11.1. The maximum atomic E-state index is 12.5. The van der Waals surface area contributed by atoms with E-state index in [1.165, 1.54) is 12.1 Å². The van der Waals surface area contributed by atoms with Gasteiger partial charge in [-0.1, -0.05) is 24.0 Å². The highest BCUT2D eigenvalue weighted by Gasteiger charge is 2.29. The second-order valence-electron chi connectivity index (χ2n) is 5.22. The highest BCUT2D eigenvalue weighted by Crippen LogP contribution is 2.28. The summed E-state index contributed by atoms with van der Waals surface area (Å²) in [5.41, 5.74) is 1.78. The second kappa shape index (κ2) is 5.77. The molecular formula is C19H13F3N+. The number of pyridine rings is 1. The molecule has 0 saturated carbocycles. The number of fused-ring (bicyclic) bond motifs is 1. The molecule has 1 nitrogen and oxygen atoms in total. The fraction of sp³-hybridized carbons (Fsp3) is 0.105. The predicted molar refractivity (Wildman–Crippen MR) is 82.5 cm³/mol. The number of para-hydroxylation sites is 1. The molecule has 4 heteroatoms. The molecular weight excluding hydrogens is 299 g/mol. The van der Waals surface area contributed by atoms with Crippen LogP contribution in [0, 0.1) is 11.8 Å². The molecule has 0 unspecified atom stereocenters. The maximum Gasteiger partial charge on any atom is 0.416 e. The van der Waals surface area contributed by atoms with Gasteiger partial charge in [-0.25, -0.2) is 0 Å². The number of hydrogen-bond acceptors (Lipinski definition) is 0. The Hall–Kier alpha value is -2.80. The molecule has 2 aromatic carbocycles. The van der Waals surface area contributed by atoms with Gasteiger partial charge in [-0.3, -0.25) is 0 Å². The monoisotopic (exact) mass is 312 g/mol. The Morgan fingerprint density at radius 1 is 0.870 bits per heavy atom. The van der Waals surface area contributed by atoms with E-state index in [9.17, 15) is 13.2 Å². The van der Waals surface area contributed by atoms with Gasteiger partial charge in [-0.15, -0.1) is 0 Å². The van der Waals surface area contributed by atoms with Crippen LogP contribution in [0.25, 0.3) is 10.9 Å². The number of rotatable bonds is 0. The van der Waals surface area contributed by atoms with Crippen molar-refractivity contribution in [1.82, 2.24) is 0 Å². The van der Waals surface area contributed by atoms with E-state index in [2.05, 4.69) is 11.8 Å². The van der Waals surface area contributed by atoms with Crippen molar-refractivity contribution < 1.29 is 17.7 Å². The lowest BCUT2D eigenvalue weighted by molar-refractivity contribution is -0.645. The molecule has 23 heavy (non-hydrogen) atoms. The number of benzene rings is 2. The number of halogens is 3. The van der Waals surface area contributed by atoms with E-state index < -0.39 is 11.7 Å². The summed E-state index contributed by atoms with van der Waals surface area (Å²) in [6, 6.07) is 14.8. The zero-order chi connectivity index (χ0) is 16.4. The van der Waals surface area contributed by atoms with Crippen LogP contribution in [-0.2, 0) is 13.2 Å². The van der Waals surface area contributed by atoms with Crippen molar-refractivity contribution in [1.29, 1.82) is 0 Å². The first-order valence-electron chi connectivity index (χ1n) is 7.01. The van der Waals surface area contributed by atoms with Crippen molar-refractivity contribution in [3.63, 3.8) is 0 Å². The quantitative estimate of drug-likeness (QED) is 0.435. The first-order chi connectivity index (χ1) is 10.9. The third-order valence-corrected chi connectivity index (χ3v) is 3.52. The zero-order valence-electron chi connectivity index (χ0n) is 12.4. The fourth-order valence-corrected chi connectivity index (χ4v) is 2.37.